The summed E-state index contributed by atoms with van der Waals surface area (Å²) in [5.74, 6) is 0.662. The summed E-state index contributed by atoms with van der Waals surface area (Å²) in [6.07, 6.45) is 3.78. The van der Waals surface area contributed by atoms with Crippen LogP contribution in [0.1, 0.15) is 31.9 Å². The van der Waals surface area contributed by atoms with E-state index in [-0.39, 0.29) is 0 Å². The number of nitrogens with zero attached hydrogens (tertiary/aromatic N) is 2. The topological polar surface area (TPSA) is 47.6 Å². The minimum absolute atomic E-state index is 0.393. The number of hydrogen-bond donors (Lipinski definition) is 0. The van der Waals surface area contributed by atoms with E-state index in [2.05, 4.69) is 64.7 Å². The predicted molar refractivity (Wildman–Crippen MR) is 137 cm³/mol. The molecule has 0 spiro atoms. The van der Waals surface area contributed by atoms with Crippen molar-refractivity contribution in [1.82, 2.24) is 4.98 Å². The maximum Gasteiger partial charge on any atom is 0.155 e. The molecule has 0 radical (unpaired) electrons. The highest BCUT2D eigenvalue weighted by atomic mass is 16.6. The fraction of sp³-hybridized carbons (Fsp3) is 0.200. The van der Waals surface area contributed by atoms with E-state index in [9.17, 15) is 0 Å². The van der Waals surface area contributed by atoms with Crippen LogP contribution in [0, 0.1) is 0 Å². The van der Waals surface area contributed by atoms with Crippen LogP contribution in [-0.2, 0) is 17.7 Å². The third kappa shape index (κ3) is 5.01. The van der Waals surface area contributed by atoms with E-state index in [4.69, 9.17) is 9.25 Å². The van der Waals surface area contributed by atoms with Crippen LogP contribution in [0.5, 0.6) is 0 Å². The zero-order chi connectivity index (χ0) is 23.5. The van der Waals surface area contributed by atoms with Crippen molar-refractivity contribution in [3.63, 3.8) is 0 Å². The zero-order valence-corrected chi connectivity index (χ0v) is 19.8. The lowest BCUT2D eigenvalue weighted by atomic mass is 10.0. The van der Waals surface area contributed by atoms with E-state index in [0.717, 1.165) is 45.6 Å². The number of pyridine rings is 1. The molecule has 2 heterocycles. The van der Waals surface area contributed by atoms with Gasteiger partial charge in [0.05, 0.1) is 0 Å². The Morgan fingerprint density at radius 2 is 1.53 bits per heavy atom. The van der Waals surface area contributed by atoms with Gasteiger partial charge in [0.15, 0.2) is 5.76 Å². The summed E-state index contributed by atoms with van der Waals surface area (Å²) >= 11 is 0. The predicted octanol–water partition coefficient (Wildman–Crippen LogP) is 7.06. The van der Waals surface area contributed by atoms with Gasteiger partial charge in [0.25, 0.3) is 0 Å². The smallest absolute Gasteiger partial charge is 0.155 e. The monoisotopic (exact) mass is 448 g/mol. The molecular weight excluding hydrogens is 420 g/mol. The SMILES string of the molecule is CC(C)(C)ON=c1cc(-c2cc3ccccc3cn2)oc2cc(CCc3ccccc3)ccc12. The molecule has 0 N–H and O–H groups in total. The molecule has 0 aliphatic rings. The van der Waals surface area contributed by atoms with Gasteiger partial charge in [-0.25, -0.2) is 0 Å². The maximum atomic E-state index is 6.38. The molecule has 5 rings (SSSR count). The van der Waals surface area contributed by atoms with Crippen molar-refractivity contribution in [1.29, 1.82) is 0 Å². The average Bonchev–Trinajstić information content (AvgIpc) is 2.85. The summed E-state index contributed by atoms with van der Waals surface area (Å²) in [7, 11) is 0. The fourth-order valence-electron chi connectivity index (χ4n) is 3.91. The van der Waals surface area contributed by atoms with Gasteiger partial charge in [-0.05, 0) is 68.3 Å². The fourth-order valence-corrected chi connectivity index (χ4v) is 3.91. The lowest BCUT2D eigenvalue weighted by molar-refractivity contribution is -0.00585. The van der Waals surface area contributed by atoms with Crippen molar-refractivity contribution in [3.05, 3.63) is 108 Å². The van der Waals surface area contributed by atoms with Crippen LogP contribution in [0.25, 0.3) is 33.2 Å². The van der Waals surface area contributed by atoms with Gasteiger partial charge in [-0.2, -0.15) is 0 Å². The Kier molecular flexibility index (Phi) is 5.89. The van der Waals surface area contributed by atoms with Crippen LogP contribution in [0.3, 0.4) is 0 Å². The standard InChI is InChI=1S/C30H28N2O2/c1-30(2,3)34-32-26-19-29(27-18-23-11-7-8-12-24(23)20-31-27)33-28-17-22(15-16-25(26)28)14-13-21-9-5-4-6-10-21/h4-12,15-20H,13-14H2,1-3H3. The Balaban J connectivity index is 1.59. The molecule has 34 heavy (non-hydrogen) atoms. The zero-order valence-electron chi connectivity index (χ0n) is 19.8. The molecule has 0 saturated carbocycles. The van der Waals surface area contributed by atoms with E-state index in [1.807, 2.05) is 57.3 Å². The van der Waals surface area contributed by atoms with Gasteiger partial charge in [0.1, 0.15) is 22.2 Å². The Morgan fingerprint density at radius 3 is 2.32 bits per heavy atom. The summed E-state index contributed by atoms with van der Waals surface area (Å²) in [6, 6.07) is 29.0. The summed E-state index contributed by atoms with van der Waals surface area (Å²) in [6.45, 7) is 5.96. The summed E-state index contributed by atoms with van der Waals surface area (Å²) < 4.78 is 6.38. The second-order valence-electron chi connectivity index (χ2n) is 9.52. The first-order valence-electron chi connectivity index (χ1n) is 11.6. The molecule has 3 aromatic carbocycles. The first-order valence-corrected chi connectivity index (χ1v) is 11.6. The van der Waals surface area contributed by atoms with Crippen LogP contribution in [-0.4, -0.2) is 10.6 Å². The van der Waals surface area contributed by atoms with Crippen LogP contribution < -0.4 is 5.36 Å². The first kappa shape index (κ1) is 21.9. The number of rotatable bonds is 5. The van der Waals surface area contributed by atoms with Crippen LogP contribution in [0.4, 0.5) is 0 Å². The van der Waals surface area contributed by atoms with Crippen molar-refractivity contribution in [2.45, 2.75) is 39.2 Å². The van der Waals surface area contributed by atoms with Crippen molar-refractivity contribution >= 4 is 21.7 Å². The summed E-state index contributed by atoms with van der Waals surface area (Å²) in [5, 5.41) is 8.34. The van der Waals surface area contributed by atoms with Gasteiger partial charge in [0, 0.05) is 23.0 Å². The molecule has 4 nitrogen and oxygen atoms in total. The van der Waals surface area contributed by atoms with Crippen molar-refractivity contribution in [2.75, 3.05) is 0 Å². The number of hydrogen-bond acceptors (Lipinski definition) is 4. The molecular formula is C30H28N2O2. The molecule has 0 saturated heterocycles. The maximum absolute atomic E-state index is 6.38. The van der Waals surface area contributed by atoms with Crippen molar-refractivity contribution in [3.8, 4) is 11.5 Å². The third-order valence-electron chi connectivity index (χ3n) is 5.66. The molecule has 0 fully saturated rings. The number of aryl methyl sites for hydroxylation is 2. The number of benzene rings is 3. The molecule has 4 heteroatoms. The Labute approximate surface area is 199 Å². The highest BCUT2D eigenvalue weighted by Crippen LogP contribution is 2.25. The molecule has 0 amide bonds. The molecule has 0 aliphatic carbocycles. The van der Waals surface area contributed by atoms with Crippen LogP contribution >= 0.6 is 0 Å². The van der Waals surface area contributed by atoms with E-state index >= 15 is 0 Å². The molecule has 2 aromatic heterocycles. The third-order valence-corrected chi connectivity index (χ3v) is 5.66. The molecule has 0 bridgehead atoms. The van der Waals surface area contributed by atoms with E-state index in [0.29, 0.717) is 5.76 Å². The first-order chi connectivity index (χ1) is 16.4. The largest absolute Gasteiger partial charge is 0.454 e. The van der Waals surface area contributed by atoms with Crippen LogP contribution in [0.2, 0.25) is 0 Å². The second-order valence-corrected chi connectivity index (χ2v) is 9.52. The summed E-state index contributed by atoms with van der Waals surface area (Å²) in [5.41, 5.74) is 3.68. The van der Waals surface area contributed by atoms with Crippen molar-refractivity contribution < 1.29 is 9.25 Å². The van der Waals surface area contributed by atoms with Gasteiger partial charge in [0.2, 0.25) is 0 Å². The van der Waals surface area contributed by atoms with Gasteiger partial charge >= 0.3 is 0 Å². The Bertz CT molecular complexity index is 1510. The quantitative estimate of drug-likeness (QED) is 0.270. The average molecular weight is 449 g/mol. The minimum Gasteiger partial charge on any atom is -0.454 e. The lowest BCUT2D eigenvalue weighted by Gasteiger charge is -2.15. The molecule has 0 unspecified atom stereocenters. The normalized spacial score (nSPS) is 12.4. The molecule has 170 valence electrons. The molecule has 0 aliphatic heterocycles. The van der Waals surface area contributed by atoms with Gasteiger partial charge in [-0.1, -0.05) is 65.8 Å². The highest BCUT2D eigenvalue weighted by Gasteiger charge is 2.13. The second kappa shape index (κ2) is 9.14. The van der Waals surface area contributed by atoms with Gasteiger partial charge < -0.3 is 9.25 Å². The van der Waals surface area contributed by atoms with Gasteiger partial charge in [-0.15, -0.1) is 0 Å². The molecule has 5 aromatic rings. The summed E-state index contributed by atoms with van der Waals surface area (Å²) in [4.78, 5) is 10.4. The Morgan fingerprint density at radius 1 is 0.794 bits per heavy atom. The van der Waals surface area contributed by atoms with Crippen LogP contribution in [0.15, 0.2) is 101 Å². The lowest BCUT2D eigenvalue weighted by Crippen LogP contribution is -2.18. The molecule has 0 atom stereocenters. The minimum atomic E-state index is -0.393. The van der Waals surface area contributed by atoms with E-state index in [1.54, 1.807) is 0 Å². The van der Waals surface area contributed by atoms with E-state index in [1.165, 1.54) is 11.1 Å². The highest BCUT2D eigenvalue weighted by molar-refractivity contribution is 5.85. The number of fused-ring (bicyclic) bond motifs is 2. The number of aromatic nitrogens is 1. The Hall–Kier alpha value is -3.92. The van der Waals surface area contributed by atoms with Gasteiger partial charge in [-0.3, -0.25) is 4.98 Å². The van der Waals surface area contributed by atoms with Crippen molar-refractivity contribution in [2.24, 2.45) is 5.16 Å². The van der Waals surface area contributed by atoms with E-state index < -0.39 is 5.60 Å².